The molecule has 0 aliphatic carbocycles. The Hall–Kier alpha value is -6.17. The number of terminal acetylenes is 1. The average Bonchev–Trinajstić information content (AvgIpc) is 3.82. The second kappa shape index (κ2) is 24.7. The summed E-state index contributed by atoms with van der Waals surface area (Å²) < 4.78 is 34.5. The lowest BCUT2D eigenvalue weighted by Crippen LogP contribution is -2.28. The Kier molecular flexibility index (Phi) is 18.5. The second-order valence-corrected chi connectivity index (χ2v) is 13.2. The van der Waals surface area contributed by atoms with Gasteiger partial charge in [0.1, 0.15) is 23.4 Å². The molecule has 3 heterocycles. The van der Waals surface area contributed by atoms with E-state index < -0.39 is 0 Å². The van der Waals surface area contributed by atoms with Gasteiger partial charge in [-0.1, -0.05) is 12.0 Å². The Morgan fingerprint density at radius 3 is 2.10 bits per heavy atom. The van der Waals surface area contributed by atoms with E-state index in [4.69, 9.17) is 51.1 Å². The third-order valence-electron chi connectivity index (χ3n) is 8.81. The summed E-state index contributed by atoms with van der Waals surface area (Å²) in [5.74, 6) is 2.38. The first-order valence-electron chi connectivity index (χ1n) is 19.7. The topological polar surface area (TPSA) is 255 Å². The number of carbonyl (C=O) groups excluding carboxylic acids is 3. The van der Waals surface area contributed by atoms with Crippen LogP contribution in [-0.2, 0) is 39.8 Å². The molecule has 5 rings (SSSR count). The molecular weight excluding hydrogens is 777 g/mol. The van der Waals surface area contributed by atoms with Gasteiger partial charge in [-0.25, -0.2) is 14.6 Å². The molecule has 19 nitrogen and oxygen atoms in total. The summed E-state index contributed by atoms with van der Waals surface area (Å²) in [5, 5.41) is 13.9. The molecule has 0 aliphatic rings. The molecule has 2 aromatic carbocycles. The second-order valence-electron chi connectivity index (χ2n) is 13.2. The Morgan fingerprint density at radius 1 is 0.750 bits per heavy atom. The zero-order chi connectivity index (χ0) is 42.4. The number of nitrogens with one attached hydrogen (secondary N) is 3. The van der Waals surface area contributed by atoms with Gasteiger partial charge in [0, 0.05) is 55.7 Å². The van der Waals surface area contributed by atoms with Crippen molar-refractivity contribution >= 4 is 51.7 Å². The highest BCUT2D eigenvalue weighted by atomic mass is 16.5. The standard InChI is InChI=1S/C41H52N10O9/c1-2-29-6-5-7-31(26-29)40(54)46-14-19-58-23-25-59-24-21-56-17-11-35(53)45-13-18-57-22-20-55-16-10-34(52)44-12-3-4-15-51-39-36(38(42)47-28-48-39)37(50-51)30-8-9-33-32(27-30)49-41(43)60-33/h1,5-9,26-28H,3-4,10-25H2,(H2,43,49)(H,44,52)(H,45,53)(H,46,54)(H2,42,47,48). The third-order valence-corrected chi connectivity index (χ3v) is 8.81. The minimum atomic E-state index is -0.210. The number of oxazole rings is 1. The predicted octanol–water partition coefficient (Wildman–Crippen LogP) is 2.09. The minimum absolute atomic E-state index is 0.0872. The first kappa shape index (κ1) is 44.9. The maximum absolute atomic E-state index is 12.3. The van der Waals surface area contributed by atoms with Crippen LogP contribution in [0.15, 0.2) is 53.2 Å². The summed E-state index contributed by atoms with van der Waals surface area (Å²) in [6.45, 7) is 5.20. The number of amides is 3. The van der Waals surface area contributed by atoms with E-state index in [0.717, 1.165) is 18.4 Å². The molecule has 19 heteroatoms. The molecule has 0 unspecified atom stereocenters. The van der Waals surface area contributed by atoms with Crippen molar-refractivity contribution in [2.24, 2.45) is 0 Å². The monoisotopic (exact) mass is 828 g/mol. The summed E-state index contributed by atoms with van der Waals surface area (Å²) >= 11 is 0. The van der Waals surface area contributed by atoms with Gasteiger partial charge in [-0.05, 0) is 49.2 Å². The SMILES string of the molecule is C#Cc1cccc(C(=O)NCCOCCOCCOCCC(=O)NCCOCCOCCC(=O)NCCCCn2nc(-c3ccc4oc(N)nc4c3)c3c(N)ncnc32)c1. The van der Waals surface area contributed by atoms with Gasteiger partial charge >= 0.3 is 0 Å². The molecule has 3 amide bonds. The molecule has 7 N–H and O–H groups in total. The van der Waals surface area contributed by atoms with Gasteiger partial charge in [0.15, 0.2) is 11.2 Å². The van der Waals surface area contributed by atoms with E-state index in [1.54, 1.807) is 35.0 Å². The van der Waals surface area contributed by atoms with Gasteiger partial charge in [-0.3, -0.25) is 14.4 Å². The number of carbonyl (C=O) groups is 3. The molecule has 60 heavy (non-hydrogen) atoms. The molecule has 0 saturated heterocycles. The summed E-state index contributed by atoms with van der Waals surface area (Å²) in [6, 6.07) is 12.4. The highest BCUT2D eigenvalue weighted by Crippen LogP contribution is 2.32. The van der Waals surface area contributed by atoms with Crippen LogP contribution in [0.25, 0.3) is 33.4 Å². The van der Waals surface area contributed by atoms with Crippen LogP contribution in [0.3, 0.4) is 0 Å². The number of unbranched alkanes of at least 4 members (excludes halogenated alkanes) is 1. The van der Waals surface area contributed by atoms with Crippen molar-refractivity contribution in [3.8, 4) is 23.6 Å². The van der Waals surface area contributed by atoms with E-state index in [2.05, 4.69) is 36.8 Å². The Balaban J connectivity index is 0.790. The largest absolute Gasteiger partial charge is 0.424 e. The molecule has 0 bridgehead atoms. The number of hydrogen-bond donors (Lipinski definition) is 5. The van der Waals surface area contributed by atoms with Gasteiger partial charge in [-0.15, -0.1) is 6.42 Å². The van der Waals surface area contributed by atoms with Crippen molar-refractivity contribution in [2.75, 3.05) is 97.2 Å². The predicted molar refractivity (Wildman–Crippen MR) is 222 cm³/mol. The van der Waals surface area contributed by atoms with Crippen molar-refractivity contribution < 1.29 is 42.5 Å². The number of nitrogens with zero attached hydrogens (tertiary/aromatic N) is 5. The van der Waals surface area contributed by atoms with Crippen LogP contribution in [0.5, 0.6) is 0 Å². The number of aryl methyl sites for hydroxylation is 1. The Labute approximate surface area is 347 Å². The highest BCUT2D eigenvalue weighted by Gasteiger charge is 2.18. The highest BCUT2D eigenvalue weighted by molar-refractivity contribution is 5.99. The van der Waals surface area contributed by atoms with Crippen LogP contribution in [0, 0.1) is 12.3 Å². The number of fused-ring (bicyclic) bond motifs is 2. The van der Waals surface area contributed by atoms with Crippen LogP contribution in [0.1, 0.15) is 41.6 Å². The van der Waals surface area contributed by atoms with Crippen molar-refractivity contribution in [3.63, 3.8) is 0 Å². The zero-order valence-corrected chi connectivity index (χ0v) is 33.5. The van der Waals surface area contributed by atoms with Crippen LogP contribution >= 0.6 is 0 Å². The van der Waals surface area contributed by atoms with E-state index in [9.17, 15) is 14.4 Å². The normalized spacial score (nSPS) is 11.2. The van der Waals surface area contributed by atoms with E-state index in [-0.39, 0.29) is 49.8 Å². The van der Waals surface area contributed by atoms with Crippen molar-refractivity contribution in [2.45, 2.75) is 32.2 Å². The molecule has 0 spiro atoms. The van der Waals surface area contributed by atoms with Gasteiger partial charge in [-0.2, -0.15) is 10.1 Å². The van der Waals surface area contributed by atoms with Crippen molar-refractivity contribution in [1.29, 1.82) is 0 Å². The first-order chi connectivity index (χ1) is 29.3. The van der Waals surface area contributed by atoms with Crippen LogP contribution in [0.2, 0.25) is 0 Å². The molecule has 0 radical (unpaired) electrons. The maximum atomic E-state index is 12.3. The molecule has 3 aromatic heterocycles. The first-order valence-corrected chi connectivity index (χ1v) is 19.7. The van der Waals surface area contributed by atoms with E-state index in [1.165, 1.54) is 6.33 Å². The number of benzene rings is 2. The van der Waals surface area contributed by atoms with Gasteiger partial charge < -0.3 is 55.5 Å². The summed E-state index contributed by atoms with van der Waals surface area (Å²) in [7, 11) is 0. The van der Waals surface area contributed by atoms with E-state index in [1.807, 2.05) is 12.1 Å². The lowest BCUT2D eigenvalue weighted by atomic mass is 10.1. The Bertz CT molecular complexity index is 2190. The van der Waals surface area contributed by atoms with Crippen molar-refractivity contribution in [3.05, 3.63) is 59.9 Å². The molecule has 5 aromatic rings. The number of ether oxygens (including phenoxy) is 5. The summed E-state index contributed by atoms with van der Waals surface area (Å²) in [4.78, 5) is 49.2. The fraction of sp³-hybridized carbons (Fsp3) is 0.439. The number of aromatic nitrogens is 5. The Morgan fingerprint density at radius 2 is 1.40 bits per heavy atom. The minimum Gasteiger partial charge on any atom is -0.424 e. The lowest BCUT2D eigenvalue weighted by Gasteiger charge is -2.09. The molecular formula is C41H52N10O9. The van der Waals surface area contributed by atoms with Gasteiger partial charge in [0.05, 0.1) is 71.5 Å². The maximum Gasteiger partial charge on any atom is 0.292 e. The number of rotatable bonds is 28. The molecule has 0 saturated carbocycles. The molecule has 0 aliphatic heterocycles. The number of hydrogen-bond acceptors (Lipinski definition) is 15. The smallest absolute Gasteiger partial charge is 0.292 e. The fourth-order valence-corrected chi connectivity index (χ4v) is 5.82. The quantitative estimate of drug-likeness (QED) is 0.0357. The van der Waals surface area contributed by atoms with Crippen LogP contribution in [-0.4, -0.2) is 128 Å². The van der Waals surface area contributed by atoms with Crippen molar-refractivity contribution in [1.82, 2.24) is 40.7 Å². The average molecular weight is 829 g/mol. The number of anilines is 2. The molecule has 0 fully saturated rings. The summed E-state index contributed by atoms with van der Waals surface area (Å²) in [5.41, 5.74) is 16.3. The van der Waals surface area contributed by atoms with Gasteiger partial charge in [0.25, 0.3) is 11.9 Å². The zero-order valence-electron chi connectivity index (χ0n) is 33.5. The summed E-state index contributed by atoms with van der Waals surface area (Å²) in [6.07, 6.45) is 8.71. The fourth-order valence-electron chi connectivity index (χ4n) is 5.82. The molecule has 0 atom stereocenters. The van der Waals surface area contributed by atoms with Crippen LogP contribution in [0.4, 0.5) is 11.8 Å². The van der Waals surface area contributed by atoms with Crippen LogP contribution < -0.4 is 27.4 Å². The van der Waals surface area contributed by atoms with E-state index in [0.29, 0.717) is 124 Å². The molecule has 320 valence electrons. The lowest BCUT2D eigenvalue weighted by molar-refractivity contribution is -0.123. The number of nitrogens with two attached hydrogens (primary N) is 2. The number of nitrogen functional groups attached to an aromatic ring is 2. The van der Waals surface area contributed by atoms with E-state index >= 15 is 0 Å². The third kappa shape index (κ3) is 14.6. The van der Waals surface area contributed by atoms with Gasteiger partial charge in [0.2, 0.25) is 11.8 Å².